The van der Waals surface area contributed by atoms with Crippen molar-refractivity contribution in [3.05, 3.63) is 64.2 Å². The first-order valence-electron chi connectivity index (χ1n) is 14.6. The van der Waals surface area contributed by atoms with Gasteiger partial charge in [0.05, 0.1) is 13.7 Å². The molecule has 40 heavy (non-hydrogen) atoms. The maximum Gasteiger partial charge on any atom is 0.125 e. The number of hydrogen-bond donors (Lipinski definition) is 5. The summed E-state index contributed by atoms with van der Waals surface area (Å²) < 4.78 is 11.8. The van der Waals surface area contributed by atoms with Crippen LogP contribution in [0.2, 0.25) is 0 Å². The normalized spacial score (nSPS) is 11.2. The largest absolute Gasteiger partial charge is 0.507 e. The van der Waals surface area contributed by atoms with E-state index >= 15 is 0 Å². The predicted molar refractivity (Wildman–Crippen MR) is 166 cm³/mol. The number of nitrogens with two attached hydrogens (primary N) is 4. The molecule has 0 unspecified atom stereocenters. The molecule has 0 aliphatic carbocycles. The Morgan fingerprint density at radius 2 is 1.15 bits per heavy atom. The average Bonchev–Trinajstić information content (AvgIpc) is 2.94. The summed E-state index contributed by atoms with van der Waals surface area (Å²) in [4.78, 5) is 0. The number of benzene rings is 3. The maximum atomic E-state index is 11.6. The Hall–Kier alpha value is -3.10. The highest BCUT2D eigenvalue weighted by Crippen LogP contribution is 2.42. The lowest BCUT2D eigenvalue weighted by molar-refractivity contribution is 0.303. The van der Waals surface area contributed by atoms with Gasteiger partial charge in [-0.05, 0) is 140 Å². The lowest BCUT2D eigenvalue weighted by Gasteiger charge is -2.21. The van der Waals surface area contributed by atoms with Gasteiger partial charge >= 0.3 is 0 Å². The Bertz CT molecular complexity index is 1200. The highest BCUT2D eigenvalue weighted by Gasteiger charge is 2.20. The van der Waals surface area contributed by atoms with Gasteiger partial charge in [0.2, 0.25) is 0 Å². The standard InChI is InChI=1S/C33H48N4O3/c1-4-6-15-40-33-25(9-13-36)17-27(18-26(33)10-14-37)32-22(5-2)16-28(21-30(32)38)31-23(7-11-34)19-29(39-3)20-24(31)8-12-35/h16-21,38H,4-15,34-37H2,1-3H3. The van der Waals surface area contributed by atoms with Crippen molar-refractivity contribution in [2.75, 3.05) is 39.9 Å². The molecule has 7 heteroatoms. The van der Waals surface area contributed by atoms with Crippen molar-refractivity contribution in [1.29, 1.82) is 0 Å². The van der Waals surface area contributed by atoms with E-state index < -0.39 is 0 Å². The number of rotatable bonds is 16. The van der Waals surface area contributed by atoms with Gasteiger partial charge in [0.15, 0.2) is 0 Å². The SMILES string of the molecule is CCCCOc1c(CCN)cc(-c2c(O)cc(-c3c(CCN)cc(OC)cc3CCN)cc2CC)cc1CCN. The minimum Gasteiger partial charge on any atom is -0.507 e. The predicted octanol–water partition coefficient (Wildman–Crippen LogP) is 4.48. The van der Waals surface area contributed by atoms with E-state index in [0.717, 1.165) is 80.8 Å². The van der Waals surface area contributed by atoms with Crippen LogP contribution in [-0.2, 0) is 32.1 Å². The summed E-state index contributed by atoms with van der Waals surface area (Å²) in [5.74, 6) is 1.91. The molecule has 0 heterocycles. The summed E-state index contributed by atoms with van der Waals surface area (Å²) in [5.41, 5.74) is 33.1. The lowest BCUT2D eigenvalue weighted by atomic mass is 9.86. The minimum atomic E-state index is 0.236. The molecular formula is C33H48N4O3. The number of phenols is 1. The van der Waals surface area contributed by atoms with Crippen LogP contribution in [0.15, 0.2) is 36.4 Å². The Morgan fingerprint density at radius 1 is 0.650 bits per heavy atom. The van der Waals surface area contributed by atoms with Crippen molar-refractivity contribution in [3.8, 4) is 39.5 Å². The van der Waals surface area contributed by atoms with E-state index in [1.807, 2.05) is 18.2 Å². The van der Waals surface area contributed by atoms with Crippen LogP contribution in [0.1, 0.15) is 54.5 Å². The molecule has 7 nitrogen and oxygen atoms in total. The van der Waals surface area contributed by atoms with E-state index in [2.05, 4.69) is 32.0 Å². The van der Waals surface area contributed by atoms with Crippen molar-refractivity contribution in [3.63, 3.8) is 0 Å². The number of aryl methyl sites for hydroxylation is 1. The second kappa shape index (κ2) is 15.6. The van der Waals surface area contributed by atoms with Gasteiger partial charge < -0.3 is 37.5 Å². The quantitative estimate of drug-likeness (QED) is 0.166. The molecule has 0 aliphatic rings. The average molecular weight is 549 g/mol. The number of aromatic hydroxyl groups is 1. The molecular weight excluding hydrogens is 500 g/mol. The van der Waals surface area contributed by atoms with E-state index in [9.17, 15) is 5.11 Å². The molecule has 218 valence electrons. The van der Waals surface area contributed by atoms with Crippen molar-refractivity contribution in [2.24, 2.45) is 22.9 Å². The van der Waals surface area contributed by atoms with Gasteiger partial charge in [-0.15, -0.1) is 0 Å². The van der Waals surface area contributed by atoms with E-state index in [1.54, 1.807) is 7.11 Å². The van der Waals surface area contributed by atoms with Crippen LogP contribution in [0.25, 0.3) is 22.3 Å². The molecule has 0 aromatic heterocycles. The van der Waals surface area contributed by atoms with Crippen molar-refractivity contribution in [1.82, 2.24) is 0 Å². The molecule has 3 rings (SSSR count). The zero-order chi connectivity index (χ0) is 29.1. The maximum absolute atomic E-state index is 11.6. The number of hydrogen-bond acceptors (Lipinski definition) is 7. The fourth-order valence-electron chi connectivity index (χ4n) is 5.46. The molecule has 0 saturated carbocycles. The van der Waals surface area contributed by atoms with Gasteiger partial charge in [-0.25, -0.2) is 0 Å². The fourth-order valence-corrected chi connectivity index (χ4v) is 5.46. The molecule has 0 spiro atoms. The molecule has 3 aromatic carbocycles. The Kier molecular flexibility index (Phi) is 12.3. The Balaban J connectivity index is 2.23. The third-order valence-corrected chi connectivity index (χ3v) is 7.31. The topological polar surface area (TPSA) is 143 Å². The van der Waals surface area contributed by atoms with Crippen molar-refractivity contribution >= 4 is 0 Å². The van der Waals surface area contributed by atoms with Crippen LogP contribution in [0, 0.1) is 0 Å². The summed E-state index contributed by atoms with van der Waals surface area (Å²) in [6.45, 7) is 6.95. The third-order valence-electron chi connectivity index (χ3n) is 7.31. The summed E-state index contributed by atoms with van der Waals surface area (Å²) in [6.07, 6.45) is 5.55. The van der Waals surface area contributed by atoms with E-state index in [-0.39, 0.29) is 5.75 Å². The van der Waals surface area contributed by atoms with Crippen LogP contribution in [0.4, 0.5) is 0 Å². The second-order valence-corrected chi connectivity index (χ2v) is 10.2. The van der Waals surface area contributed by atoms with E-state index in [1.165, 1.54) is 0 Å². The first-order valence-corrected chi connectivity index (χ1v) is 14.6. The zero-order valence-electron chi connectivity index (χ0n) is 24.5. The summed E-state index contributed by atoms with van der Waals surface area (Å²) >= 11 is 0. The van der Waals surface area contributed by atoms with Crippen molar-refractivity contribution in [2.45, 2.75) is 58.8 Å². The lowest BCUT2D eigenvalue weighted by Crippen LogP contribution is -2.11. The van der Waals surface area contributed by atoms with Crippen LogP contribution in [0.5, 0.6) is 17.2 Å². The van der Waals surface area contributed by atoms with Crippen molar-refractivity contribution < 1.29 is 14.6 Å². The molecule has 9 N–H and O–H groups in total. The summed E-state index contributed by atoms with van der Waals surface area (Å²) in [5, 5.41) is 11.6. The molecule has 0 bridgehead atoms. The van der Waals surface area contributed by atoms with Gasteiger partial charge in [0, 0.05) is 5.56 Å². The van der Waals surface area contributed by atoms with Gasteiger partial charge in [0.1, 0.15) is 17.2 Å². The van der Waals surface area contributed by atoms with Crippen LogP contribution in [0.3, 0.4) is 0 Å². The van der Waals surface area contributed by atoms with E-state index in [0.29, 0.717) is 58.5 Å². The van der Waals surface area contributed by atoms with Crippen LogP contribution in [-0.4, -0.2) is 45.0 Å². The number of ether oxygens (including phenoxy) is 2. The molecule has 3 aromatic rings. The molecule has 0 atom stereocenters. The monoisotopic (exact) mass is 548 g/mol. The van der Waals surface area contributed by atoms with Crippen LogP contribution < -0.4 is 32.4 Å². The highest BCUT2D eigenvalue weighted by atomic mass is 16.5. The molecule has 0 saturated heterocycles. The molecule has 0 amide bonds. The fraction of sp³-hybridized carbons (Fsp3) is 0.455. The number of phenolic OH excluding ortho intramolecular Hbond substituents is 1. The van der Waals surface area contributed by atoms with Crippen LogP contribution >= 0.6 is 0 Å². The molecule has 0 radical (unpaired) electrons. The number of unbranched alkanes of at least 4 members (excludes halogenated alkanes) is 1. The van der Waals surface area contributed by atoms with Gasteiger partial charge in [-0.1, -0.05) is 26.3 Å². The third kappa shape index (κ3) is 7.34. The number of methoxy groups -OCH3 is 1. The summed E-state index contributed by atoms with van der Waals surface area (Å²) in [7, 11) is 1.67. The first kappa shape index (κ1) is 31.4. The molecule has 0 fully saturated rings. The van der Waals surface area contributed by atoms with Gasteiger partial charge in [0.25, 0.3) is 0 Å². The van der Waals surface area contributed by atoms with Gasteiger partial charge in [-0.2, -0.15) is 0 Å². The minimum absolute atomic E-state index is 0.236. The Labute approximate surface area is 239 Å². The highest BCUT2D eigenvalue weighted by molar-refractivity contribution is 5.83. The van der Waals surface area contributed by atoms with Gasteiger partial charge in [-0.3, -0.25) is 0 Å². The zero-order valence-corrected chi connectivity index (χ0v) is 24.5. The summed E-state index contributed by atoms with van der Waals surface area (Å²) in [6, 6.07) is 12.4. The first-order chi connectivity index (χ1) is 19.5. The second-order valence-electron chi connectivity index (χ2n) is 10.2. The van der Waals surface area contributed by atoms with E-state index in [4.69, 9.17) is 32.4 Å². The Morgan fingerprint density at radius 3 is 1.62 bits per heavy atom. The smallest absolute Gasteiger partial charge is 0.125 e. The molecule has 0 aliphatic heterocycles.